The predicted molar refractivity (Wildman–Crippen MR) is 115 cm³/mol. The van der Waals surface area contributed by atoms with E-state index in [9.17, 15) is 13.2 Å². The number of hydrogen-bond donors (Lipinski definition) is 0. The SMILES string of the molecule is CON(C)S(=O)(=O)c1cc(C(=O)N(Cc2ccc(Cl)c(Cl)c2)C(C)C)ccc1Cl. The molecule has 2 rings (SSSR count). The van der Waals surface area contributed by atoms with E-state index in [2.05, 4.69) is 0 Å². The fourth-order valence-corrected chi connectivity index (χ4v) is 4.35. The van der Waals surface area contributed by atoms with Crippen molar-refractivity contribution >= 4 is 50.7 Å². The van der Waals surface area contributed by atoms with Crippen molar-refractivity contribution in [2.45, 2.75) is 31.3 Å². The van der Waals surface area contributed by atoms with Crippen LogP contribution in [0.25, 0.3) is 0 Å². The third kappa shape index (κ3) is 5.42. The standard InChI is InChI=1S/C19H21Cl3N2O4S/c1-12(2)24(11-13-5-7-15(20)17(22)9-13)19(25)14-6-8-16(21)18(10-14)29(26,27)23(3)28-4/h5-10,12H,11H2,1-4H3. The van der Waals surface area contributed by atoms with E-state index in [1.54, 1.807) is 23.1 Å². The Kier molecular flexibility index (Phi) is 7.95. The summed E-state index contributed by atoms with van der Waals surface area (Å²) in [6.45, 7) is 4.00. The molecule has 0 saturated carbocycles. The monoisotopic (exact) mass is 478 g/mol. The van der Waals surface area contributed by atoms with Crippen LogP contribution >= 0.6 is 34.8 Å². The molecule has 0 aliphatic heterocycles. The van der Waals surface area contributed by atoms with E-state index in [4.69, 9.17) is 39.6 Å². The maximum absolute atomic E-state index is 13.2. The highest BCUT2D eigenvalue weighted by Gasteiger charge is 2.27. The minimum Gasteiger partial charge on any atom is -0.332 e. The lowest BCUT2D eigenvalue weighted by atomic mass is 10.1. The number of nitrogens with zero attached hydrogens (tertiary/aromatic N) is 2. The maximum Gasteiger partial charge on any atom is 0.266 e. The van der Waals surface area contributed by atoms with Gasteiger partial charge in [-0.3, -0.25) is 9.63 Å². The van der Waals surface area contributed by atoms with Crippen LogP contribution in [0, 0.1) is 0 Å². The quantitative estimate of drug-likeness (QED) is 0.531. The maximum atomic E-state index is 13.2. The van der Waals surface area contributed by atoms with Crippen molar-refractivity contribution in [2.24, 2.45) is 0 Å². The first-order chi connectivity index (χ1) is 13.5. The molecule has 6 nitrogen and oxygen atoms in total. The smallest absolute Gasteiger partial charge is 0.266 e. The van der Waals surface area contributed by atoms with Crippen molar-refractivity contribution in [3.8, 4) is 0 Å². The van der Waals surface area contributed by atoms with Gasteiger partial charge in [-0.1, -0.05) is 45.3 Å². The van der Waals surface area contributed by atoms with Crippen LogP contribution in [0.2, 0.25) is 15.1 Å². The Balaban J connectivity index is 2.42. The average molecular weight is 480 g/mol. The van der Waals surface area contributed by atoms with Gasteiger partial charge in [0, 0.05) is 25.2 Å². The number of hydrogen-bond acceptors (Lipinski definition) is 4. The number of sulfonamides is 1. The highest BCUT2D eigenvalue weighted by molar-refractivity contribution is 7.89. The summed E-state index contributed by atoms with van der Waals surface area (Å²) in [5.41, 5.74) is 0.980. The fourth-order valence-electron chi connectivity index (χ4n) is 2.56. The van der Waals surface area contributed by atoms with Gasteiger partial charge in [-0.25, -0.2) is 8.42 Å². The fraction of sp³-hybridized carbons (Fsp3) is 0.316. The highest BCUT2D eigenvalue weighted by atomic mass is 35.5. The first kappa shape index (κ1) is 23.9. The van der Waals surface area contributed by atoms with E-state index >= 15 is 0 Å². The van der Waals surface area contributed by atoms with E-state index in [1.165, 1.54) is 32.4 Å². The summed E-state index contributed by atoms with van der Waals surface area (Å²) in [4.78, 5) is 19.3. The molecule has 0 unspecified atom stereocenters. The second-order valence-corrected chi connectivity index (χ2v) is 9.64. The Morgan fingerprint density at radius 2 is 1.66 bits per heavy atom. The molecule has 0 fully saturated rings. The van der Waals surface area contributed by atoms with Gasteiger partial charge in [0.05, 0.1) is 22.2 Å². The third-order valence-electron chi connectivity index (χ3n) is 4.27. The summed E-state index contributed by atoms with van der Waals surface area (Å²) in [5.74, 6) is -0.348. The molecule has 0 spiro atoms. The lowest BCUT2D eigenvalue weighted by Gasteiger charge is -2.27. The van der Waals surface area contributed by atoms with Crippen molar-refractivity contribution in [2.75, 3.05) is 14.2 Å². The van der Waals surface area contributed by atoms with Crippen LogP contribution in [0.1, 0.15) is 29.8 Å². The Labute approximate surface area is 185 Å². The Bertz CT molecular complexity index is 1010. The highest BCUT2D eigenvalue weighted by Crippen LogP contribution is 2.27. The lowest BCUT2D eigenvalue weighted by Crippen LogP contribution is -2.36. The van der Waals surface area contributed by atoms with Crippen LogP contribution in [0.3, 0.4) is 0 Å². The van der Waals surface area contributed by atoms with Crippen LogP contribution < -0.4 is 0 Å². The minimum absolute atomic E-state index is 0.00831. The molecule has 2 aromatic rings. The zero-order chi connectivity index (χ0) is 21.9. The normalized spacial score (nSPS) is 11.9. The van der Waals surface area contributed by atoms with Gasteiger partial charge in [0.15, 0.2) is 0 Å². The number of amides is 1. The molecule has 0 bridgehead atoms. The molecular formula is C19H21Cl3N2O4S. The second kappa shape index (κ2) is 9.64. The largest absolute Gasteiger partial charge is 0.332 e. The number of hydroxylamine groups is 1. The lowest BCUT2D eigenvalue weighted by molar-refractivity contribution is -0.0258. The van der Waals surface area contributed by atoms with Gasteiger partial charge in [0.2, 0.25) is 0 Å². The molecule has 0 N–H and O–H groups in total. The molecule has 0 atom stereocenters. The summed E-state index contributed by atoms with van der Waals surface area (Å²) >= 11 is 18.1. The van der Waals surface area contributed by atoms with Crippen LogP contribution in [-0.2, 0) is 21.4 Å². The van der Waals surface area contributed by atoms with Crippen molar-refractivity contribution in [1.29, 1.82) is 0 Å². The van der Waals surface area contributed by atoms with Gasteiger partial charge in [-0.2, -0.15) is 0 Å². The third-order valence-corrected chi connectivity index (χ3v) is 7.17. The van der Waals surface area contributed by atoms with Crippen molar-refractivity contribution in [3.63, 3.8) is 0 Å². The Morgan fingerprint density at radius 3 is 2.21 bits per heavy atom. The molecular weight excluding hydrogens is 459 g/mol. The summed E-state index contributed by atoms with van der Waals surface area (Å²) in [7, 11) is -1.55. The predicted octanol–water partition coefficient (Wildman–Crippen LogP) is 4.88. The molecule has 0 heterocycles. The minimum atomic E-state index is -4.01. The number of carbonyl (C=O) groups excluding carboxylic acids is 1. The Morgan fingerprint density at radius 1 is 1.03 bits per heavy atom. The molecule has 158 valence electrons. The Hall–Kier alpha value is -1.35. The molecule has 0 aliphatic carbocycles. The van der Waals surface area contributed by atoms with Gasteiger partial charge in [-0.15, -0.1) is 0 Å². The average Bonchev–Trinajstić information content (AvgIpc) is 2.67. The van der Waals surface area contributed by atoms with E-state index in [-0.39, 0.29) is 34.0 Å². The van der Waals surface area contributed by atoms with Gasteiger partial charge in [0.25, 0.3) is 15.9 Å². The summed E-state index contributed by atoms with van der Waals surface area (Å²) < 4.78 is 25.9. The summed E-state index contributed by atoms with van der Waals surface area (Å²) in [6.07, 6.45) is 0. The molecule has 0 radical (unpaired) electrons. The summed E-state index contributed by atoms with van der Waals surface area (Å²) in [5, 5.41) is 0.807. The van der Waals surface area contributed by atoms with Crippen molar-refractivity contribution in [3.05, 3.63) is 62.6 Å². The molecule has 0 aromatic heterocycles. The van der Waals surface area contributed by atoms with E-state index in [0.29, 0.717) is 14.5 Å². The van der Waals surface area contributed by atoms with Crippen LogP contribution in [0.4, 0.5) is 0 Å². The zero-order valence-electron chi connectivity index (χ0n) is 16.3. The number of halogens is 3. The van der Waals surface area contributed by atoms with Crippen LogP contribution in [0.15, 0.2) is 41.3 Å². The van der Waals surface area contributed by atoms with E-state index in [0.717, 1.165) is 5.56 Å². The molecule has 10 heteroatoms. The van der Waals surface area contributed by atoms with Gasteiger partial charge in [-0.05, 0) is 49.7 Å². The number of benzene rings is 2. The first-order valence-corrected chi connectivity index (χ1v) is 11.1. The first-order valence-electron chi connectivity index (χ1n) is 8.56. The van der Waals surface area contributed by atoms with Crippen molar-refractivity contribution in [1.82, 2.24) is 9.37 Å². The van der Waals surface area contributed by atoms with Gasteiger partial charge < -0.3 is 4.90 Å². The second-order valence-electron chi connectivity index (χ2n) is 6.52. The number of carbonyl (C=O) groups is 1. The van der Waals surface area contributed by atoms with Crippen LogP contribution in [0.5, 0.6) is 0 Å². The molecule has 1 amide bonds. The zero-order valence-corrected chi connectivity index (χ0v) is 19.4. The molecule has 2 aromatic carbocycles. The molecule has 0 aliphatic rings. The summed E-state index contributed by atoms with van der Waals surface area (Å²) in [6, 6.07) is 9.09. The molecule has 29 heavy (non-hydrogen) atoms. The van der Waals surface area contributed by atoms with Gasteiger partial charge >= 0.3 is 0 Å². The van der Waals surface area contributed by atoms with Crippen molar-refractivity contribution < 1.29 is 18.0 Å². The van der Waals surface area contributed by atoms with Crippen LogP contribution in [-0.4, -0.2) is 43.9 Å². The molecule has 0 saturated heterocycles. The topological polar surface area (TPSA) is 66.9 Å². The number of rotatable bonds is 7. The van der Waals surface area contributed by atoms with E-state index in [1.807, 2.05) is 13.8 Å². The van der Waals surface area contributed by atoms with E-state index < -0.39 is 10.0 Å². The van der Waals surface area contributed by atoms with Gasteiger partial charge in [0.1, 0.15) is 4.90 Å².